The number of carbonyl (C=O) groups excluding carboxylic acids is 1. The molecule has 0 radical (unpaired) electrons. The molecule has 0 saturated heterocycles. The summed E-state index contributed by atoms with van der Waals surface area (Å²) in [7, 11) is 1.83. The Kier molecular flexibility index (Phi) is 5.20. The molecule has 0 spiro atoms. The van der Waals surface area contributed by atoms with Gasteiger partial charge in [-0.3, -0.25) is 4.79 Å². The molecular weight excluding hydrogens is 314 g/mol. The lowest BCUT2D eigenvalue weighted by molar-refractivity contribution is 0.0938. The van der Waals surface area contributed by atoms with Crippen molar-refractivity contribution in [3.05, 3.63) is 71.9 Å². The molecule has 0 bridgehead atoms. The van der Waals surface area contributed by atoms with Crippen LogP contribution in [0.5, 0.6) is 0 Å². The van der Waals surface area contributed by atoms with E-state index in [1.54, 1.807) is 23.0 Å². The topological polar surface area (TPSA) is 85.8 Å². The van der Waals surface area contributed by atoms with Crippen LogP contribution in [0.15, 0.2) is 60.8 Å². The monoisotopic (exact) mass is 335 g/mol. The van der Waals surface area contributed by atoms with Gasteiger partial charge in [-0.1, -0.05) is 47.7 Å². The normalized spacial score (nSPS) is 11.9. The van der Waals surface area contributed by atoms with E-state index in [0.29, 0.717) is 18.5 Å². The van der Waals surface area contributed by atoms with Crippen molar-refractivity contribution in [1.82, 2.24) is 20.3 Å². The van der Waals surface area contributed by atoms with Crippen LogP contribution < -0.4 is 11.1 Å². The Labute approximate surface area is 146 Å². The summed E-state index contributed by atoms with van der Waals surface area (Å²) in [5.41, 5.74) is 9.43. The van der Waals surface area contributed by atoms with Gasteiger partial charge in [-0.25, -0.2) is 4.68 Å². The number of benzene rings is 2. The highest BCUT2D eigenvalue weighted by atomic mass is 16.1. The Morgan fingerprint density at radius 1 is 1.16 bits per heavy atom. The molecular formula is C19H21N5O. The van der Waals surface area contributed by atoms with Gasteiger partial charge >= 0.3 is 0 Å². The van der Waals surface area contributed by atoms with Gasteiger partial charge in [0.2, 0.25) is 0 Å². The minimum absolute atomic E-state index is 0.101. The first-order valence-corrected chi connectivity index (χ1v) is 8.17. The number of aryl methyl sites for hydroxylation is 1. The molecule has 0 aliphatic heterocycles. The Morgan fingerprint density at radius 2 is 1.88 bits per heavy atom. The van der Waals surface area contributed by atoms with E-state index in [1.807, 2.05) is 49.5 Å². The van der Waals surface area contributed by atoms with Crippen LogP contribution in [0.25, 0.3) is 11.3 Å². The zero-order valence-corrected chi connectivity index (χ0v) is 14.1. The van der Waals surface area contributed by atoms with E-state index in [0.717, 1.165) is 16.8 Å². The molecule has 1 amide bonds. The highest BCUT2D eigenvalue weighted by Crippen LogP contribution is 2.17. The smallest absolute Gasteiger partial charge is 0.251 e. The number of nitrogens with zero attached hydrogens (tertiary/aromatic N) is 3. The van der Waals surface area contributed by atoms with Crippen molar-refractivity contribution >= 4 is 5.91 Å². The Morgan fingerprint density at radius 3 is 2.48 bits per heavy atom. The fourth-order valence-corrected chi connectivity index (χ4v) is 2.70. The SMILES string of the molecule is Cn1nncc1-c1ccc(C(=O)N[C@H](CN)Cc2ccccc2)cc1. The molecule has 3 N–H and O–H groups in total. The lowest BCUT2D eigenvalue weighted by Crippen LogP contribution is -2.41. The highest BCUT2D eigenvalue weighted by molar-refractivity contribution is 5.94. The van der Waals surface area contributed by atoms with Crippen molar-refractivity contribution in [2.45, 2.75) is 12.5 Å². The summed E-state index contributed by atoms with van der Waals surface area (Å²) in [5, 5.41) is 10.8. The lowest BCUT2D eigenvalue weighted by Gasteiger charge is -2.17. The van der Waals surface area contributed by atoms with Gasteiger partial charge < -0.3 is 11.1 Å². The van der Waals surface area contributed by atoms with Gasteiger partial charge in [0.25, 0.3) is 5.91 Å². The van der Waals surface area contributed by atoms with E-state index in [9.17, 15) is 4.79 Å². The van der Waals surface area contributed by atoms with Crippen LogP contribution in [0.3, 0.4) is 0 Å². The molecule has 1 atom stereocenters. The lowest BCUT2D eigenvalue weighted by atomic mass is 10.0. The van der Waals surface area contributed by atoms with Crippen LogP contribution in [0, 0.1) is 0 Å². The van der Waals surface area contributed by atoms with E-state index in [-0.39, 0.29) is 11.9 Å². The third kappa shape index (κ3) is 4.10. The Bertz CT molecular complexity index is 827. The molecule has 1 heterocycles. The van der Waals surface area contributed by atoms with Crippen LogP contribution in [0.2, 0.25) is 0 Å². The van der Waals surface area contributed by atoms with Gasteiger partial charge in [-0.2, -0.15) is 0 Å². The first kappa shape index (κ1) is 16.9. The molecule has 1 aromatic heterocycles. The highest BCUT2D eigenvalue weighted by Gasteiger charge is 2.13. The summed E-state index contributed by atoms with van der Waals surface area (Å²) < 4.78 is 1.69. The van der Waals surface area contributed by atoms with Crippen LogP contribution in [0.4, 0.5) is 0 Å². The van der Waals surface area contributed by atoms with Gasteiger partial charge in [0.15, 0.2) is 0 Å². The zero-order valence-electron chi connectivity index (χ0n) is 14.1. The fourth-order valence-electron chi connectivity index (χ4n) is 2.70. The van der Waals surface area contributed by atoms with Crippen molar-refractivity contribution in [2.24, 2.45) is 12.8 Å². The predicted octanol–water partition coefficient (Wildman–Crippen LogP) is 1.78. The van der Waals surface area contributed by atoms with E-state index in [1.165, 1.54) is 0 Å². The van der Waals surface area contributed by atoms with Crippen molar-refractivity contribution in [2.75, 3.05) is 6.54 Å². The van der Waals surface area contributed by atoms with Crippen LogP contribution in [-0.4, -0.2) is 33.5 Å². The van der Waals surface area contributed by atoms with Crippen LogP contribution in [-0.2, 0) is 13.5 Å². The van der Waals surface area contributed by atoms with Crippen LogP contribution in [0.1, 0.15) is 15.9 Å². The van der Waals surface area contributed by atoms with Crippen molar-refractivity contribution in [3.63, 3.8) is 0 Å². The quantitative estimate of drug-likeness (QED) is 0.719. The molecule has 6 nitrogen and oxygen atoms in total. The standard InChI is InChI=1S/C19H21N5O/c1-24-18(13-21-23-24)15-7-9-16(10-8-15)19(25)22-17(12-20)11-14-5-3-2-4-6-14/h2-10,13,17H,11-12,20H2,1H3,(H,22,25)/t17-/m0/s1. The second-order valence-electron chi connectivity index (χ2n) is 5.92. The summed E-state index contributed by atoms with van der Waals surface area (Å²) in [4.78, 5) is 12.5. The number of rotatable bonds is 6. The average Bonchev–Trinajstić information content (AvgIpc) is 3.08. The summed E-state index contributed by atoms with van der Waals surface area (Å²) in [6.07, 6.45) is 2.40. The zero-order chi connectivity index (χ0) is 17.6. The minimum atomic E-state index is -0.124. The minimum Gasteiger partial charge on any atom is -0.348 e. The first-order chi connectivity index (χ1) is 12.2. The van der Waals surface area contributed by atoms with Gasteiger partial charge in [-0.05, 0) is 24.1 Å². The van der Waals surface area contributed by atoms with Gasteiger partial charge in [-0.15, -0.1) is 5.10 Å². The largest absolute Gasteiger partial charge is 0.348 e. The second kappa shape index (κ2) is 7.72. The first-order valence-electron chi connectivity index (χ1n) is 8.17. The fraction of sp³-hybridized carbons (Fsp3) is 0.211. The molecule has 2 aromatic carbocycles. The summed E-state index contributed by atoms with van der Waals surface area (Å²) >= 11 is 0. The van der Waals surface area contributed by atoms with E-state index in [2.05, 4.69) is 15.6 Å². The van der Waals surface area contributed by atoms with Gasteiger partial charge in [0, 0.05) is 30.8 Å². The number of aromatic nitrogens is 3. The van der Waals surface area contributed by atoms with Gasteiger partial charge in [0.05, 0.1) is 11.9 Å². The summed E-state index contributed by atoms with van der Waals surface area (Å²) in [6.45, 7) is 0.388. The molecule has 6 heteroatoms. The maximum Gasteiger partial charge on any atom is 0.251 e. The molecule has 0 saturated carbocycles. The maximum atomic E-state index is 12.5. The number of hydrogen-bond donors (Lipinski definition) is 2. The third-order valence-corrected chi connectivity index (χ3v) is 4.10. The molecule has 0 fully saturated rings. The third-order valence-electron chi connectivity index (χ3n) is 4.10. The van der Waals surface area contributed by atoms with Crippen molar-refractivity contribution < 1.29 is 4.79 Å². The summed E-state index contributed by atoms with van der Waals surface area (Å²) in [6, 6.07) is 17.3. The average molecular weight is 335 g/mol. The maximum absolute atomic E-state index is 12.5. The number of carbonyl (C=O) groups is 1. The van der Waals surface area contributed by atoms with Crippen molar-refractivity contribution in [3.8, 4) is 11.3 Å². The number of hydrogen-bond acceptors (Lipinski definition) is 4. The predicted molar refractivity (Wildman–Crippen MR) is 96.9 cm³/mol. The van der Waals surface area contributed by atoms with Gasteiger partial charge in [0.1, 0.15) is 0 Å². The molecule has 0 aliphatic carbocycles. The number of nitrogens with two attached hydrogens (primary N) is 1. The second-order valence-corrected chi connectivity index (χ2v) is 5.92. The summed E-state index contributed by atoms with van der Waals surface area (Å²) in [5.74, 6) is -0.124. The molecule has 128 valence electrons. The number of amides is 1. The number of nitrogens with one attached hydrogen (secondary N) is 1. The molecule has 3 rings (SSSR count). The van der Waals surface area contributed by atoms with E-state index >= 15 is 0 Å². The Hall–Kier alpha value is -2.99. The van der Waals surface area contributed by atoms with E-state index in [4.69, 9.17) is 5.73 Å². The molecule has 3 aromatic rings. The molecule has 0 aliphatic rings. The Balaban J connectivity index is 1.67. The van der Waals surface area contributed by atoms with E-state index < -0.39 is 0 Å². The van der Waals surface area contributed by atoms with Crippen molar-refractivity contribution in [1.29, 1.82) is 0 Å². The molecule has 25 heavy (non-hydrogen) atoms. The molecule has 0 unspecified atom stereocenters. The van der Waals surface area contributed by atoms with Crippen LogP contribution >= 0.6 is 0 Å².